The molecule has 2 aromatic carbocycles. The minimum absolute atomic E-state index is 0.0212. The number of carbonyl (C=O) groups excluding carboxylic acids is 1. The number of aromatic nitrogens is 2. The number of benzene rings is 2. The third-order valence-corrected chi connectivity index (χ3v) is 3.23. The number of hydrogen-bond acceptors (Lipinski definition) is 3. The average Bonchev–Trinajstić information content (AvgIpc) is 2.80. The maximum absolute atomic E-state index is 13.1. The molecule has 6 heteroatoms. The van der Waals surface area contributed by atoms with Crippen LogP contribution in [-0.4, -0.2) is 15.5 Å². The van der Waals surface area contributed by atoms with Crippen molar-refractivity contribution in [1.82, 2.24) is 9.55 Å². The summed E-state index contributed by atoms with van der Waals surface area (Å²) in [5.74, 6) is -0.294. The fourth-order valence-corrected chi connectivity index (χ4v) is 2.30. The first-order chi connectivity index (χ1) is 10.1. The quantitative estimate of drug-likeness (QED) is 0.720. The average molecular weight is 284 g/mol. The Hall–Kier alpha value is -2.89. The lowest BCUT2D eigenvalue weighted by atomic mass is 10.2. The van der Waals surface area contributed by atoms with Crippen LogP contribution in [0.2, 0.25) is 0 Å². The molecule has 0 unspecified atom stereocenters. The van der Waals surface area contributed by atoms with Gasteiger partial charge in [0, 0.05) is 5.56 Å². The third-order valence-electron chi connectivity index (χ3n) is 3.23. The number of carbonyl (C=O) groups is 1. The molecule has 0 bridgehead atoms. The molecule has 0 spiro atoms. The summed E-state index contributed by atoms with van der Waals surface area (Å²) in [7, 11) is 0. The highest BCUT2D eigenvalue weighted by atomic mass is 19.1. The van der Waals surface area contributed by atoms with Gasteiger partial charge in [0.2, 0.25) is 5.91 Å². The second kappa shape index (κ2) is 4.90. The van der Waals surface area contributed by atoms with E-state index in [2.05, 4.69) is 4.98 Å². The van der Waals surface area contributed by atoms with Crippen molar-refractivity contribution in [3.63, 3.8) is 0 Å². The smallest absolute Gasteiger partial charge is 0.237 e. The number of nitrogens with zero attached hydrogens (tertiary/aromatic N) is 2. The molecule has 1 amide bonds. The summed E-state index contributed by atoms with van der Waals surface area (Å²) < 4.78 is 14.7. The molecule has 0 aliphatic rings. The first-order valence-electron chi connectivity index (χ1n) is 6.35. The van der Waals surface area contributed by atoms with Crippen LogP contribution in [0.25, 0.3) is 22.4 Å². The zero-order valence-corrected chi connectivity index (χ0v) is 11.1. The van der Waals surface area contributed by atoms with Gasteiger partial charge in [-0.25, -0.2) is 9.37 Å². The van der Waals surface area contributed by atoms with E-state index in [0.29, 0.717) is 28.1 Å². The number of nitrogens with two attached hydrogens (primary N) is 2. The number of imidazole rings is 1. The van der Waals surface area contributed by atoms with Gasteiger partial charge in [-0.15, -0.1) is 0 Å². The minimum atomic E-state index is -0.486. The van der Waals surface area contributed by atoms with Gasteiger partial charge in [-0.1, -0.05) is 6.07 Å². The van der Waals surface area contributed by atoms with E-state index in [1.807, 2.05) is 6.07 Å². The van der Waals surface area contributed by atoms with Crippen LogP contribution in [0.4, 0.5) is 10.1 Å². The lowest BCUT2D eigenvalue weighted by molar-refractivity contribution is -0.118. The number of amides is 1. The van der Waals surface area contributed by atoms with Crippen molar-refractivity contribution < 1.29 is 9.18 Å². The molecule has 0 fully saturated rings. The van der Waals surface area contributed by atoms with Crippen LogP contribution >= 0.6 is 0 Å². The molecule has 5 nitrogen and oxygen atoms in total. The largest absolute Gasteiger partial charge is 0.397 e. The Balaban J connectivity index is 2.27. The standard InChI is InChI=1S/C15H13FN4O/c16-10-6-4-9(5-7-10)15-19-14-11(17)2-1-3-12(14)20(15)8-13(18)21/h1-7H,8,17H2,(H2,18,21). The summed E-state index contributed by atoms with van der Waals surface area (Å²) >= 11 is 0. The lowest BCUT2D eigenvalue weighted by Crippen LogP contribution is -2.19. The molecule has 3 rings (SSSR count). The molecule has 1 heterocycles. The summed E-state index contributed by atoms with van der Waals surface area (Å²) in [6.45, 7) is -0.0212. The molecule has 3 aromatic rings. The molecule has 0 atom stereocenters. The van der Waals surface area contributed by atoms with Crippen molar-refractivity contribution in [1.29, 1.82) is 0 Å². The SMILES string of the molecule is NC(=O)Cn1c(-c2ccc(F)cc2)nc2c(N)cccc21. The van der Waals surface area contributed by atoms with Crippen LogP contribution in [-0.2, 0) is 11.3 Å². The second-order valence-electron chi connectivity index (χ2n) is 4.71. The molecule has 0 saturated heterocycles. The number of fused-ring (bicyclic) bond motifs is 1. The predicted molar refractivity (Wildman–Crippen MR) is 78.7 cm³/mol. The number of nitrogen functional groups attached to an aromatic ring is 1. The predicted octanol–water partition coefficient (Wildman–Crippen LogP) is 1.91. The van der Waals surface area contributed by atoms with E-state index in [0.717, 1.165) is 0 Å². The monoisotopic (exact) mass is 284 g/mol. The Morgan fingerprint density at radius 3 is 2.57 bits per heavy atom. The van der Waals surface area contributed by atoms with Gasteiger partial charge in [-0.05, 0) is 36.4 Å². The fourth-order valence-electron chi connectivity index (χ4n) is 2.30. The number of anilines is 1. The van der Waals surface area contributed by atoms with E-state index in [1.165, 1.54) is 12.1 Å². The fraction of sp³-hybridized carbons (Fsp3) is 0.0667. The maximum atomic E-state index is 13.1. The normalized spacial score (nSPS) is 10.9. The highest BCUT2D eigenvalue weighted by Gasteiger charge is 2.15. The Morgan fingerprint density at radius 2 is 1.90 bits per heavy atom. The topological polar surface area (TPSA) is 86.9 Å². The van der Waals surface area contributed by atoms with Gasteiger partial charge < -0.3 is 16.0 Å². The van der Waals surface area contributed by atoms with E-state index in [4.69, 9.17) is 11.5 Å². The Labute approximate surface area is 120 Å². The molecule has 1 aromatic heterocycles. The second-order valence-corrected chi connectivity index (χ2v) is 4.71. The number of halogens is 1. The number of para-hydroxylation sites is 1. The van der Waals surface area contributed by atoms with Gasteiger partial charge in [0.15, 0.2) is 0 Å². The Morgan fingerprint density at radius 1 is 1.19 bits per heavy atom. The van der Waals surface area contributed by atoms with Crippen LogP contribution < -0.4 is 11.5 Å². The summed E-state index contributed by atoms with van der Waals surface area (Å²) in [6.07, 6.45) is 0. The van der Waals surface area contributed by atoms with E-state index in [1.54, 1.807) is 28.8 Å². The van der Waals surface area contributed by atoms with E-state index in [-0.39, 0.29) is 12.4 Å². The molecule has 106 valence electrons. The molecule has 4 N–H and O–H groups in total. The lowest BCUT2D eigenvalue weighted by Gasteiger charge is -2.07. The van der Waals surface area contributed by atoms with Crippen molar-refractivity contribution in [2.75, 3.05) is 5.73 Å². The van der Waals surface area contributed by atoms with Gasteiger partial charge >= 0.3 is 0 Å². The first-order valence-corrected chi connectivity index (χ1v) is 6.35. The molecule has 0 aliphatic heterocycles. The van der Waals surface area contributed by atoms with Gasteiger partial charge in [-0.2, -0.15) is 0 Å². The van der Waals surface area contributed by atoms with Crippen LogP contribution in [0, 0.1) is 5.82 Å². The molecule has 21 heavy (non-hydrogen) atoms. The maximum Gasteiger partial charge on any atom is 0.237 e. The molecule has 0 saturated carbocycles. The van der Waals surface area contributed by atoms with Crippen LogP contribution in [0.5, 0.6) is 0 Å². The summed E-state index contributed by atoms with van der Waals surface area (Å²) in [5.41, 5.74) is 13.7. The van der Waals surface area contributed by atoms with Crippen molar-refractivity contribution in [3.8, 4) is 11.4 Å². The first kappa shape index (κ1) is 13.1. The van der Waals surface area contributed by atoms with Crippen molar-refractivity contribution in [2.24, 2.45) is 5.73 Å². The third kappa shape index (κ3) is 2.31. The van der Waals surface area contributed by atoms with Gasteiger partial charge in [0.25, 0.3) is 0 Å². The number of rotatable bonds is 3. The zero-order chi connectivity index (χ0) is 15.0. The highest BCUT2D eigenvalue weighted by Crippen LogP contribution is 2.27. The molecule has 0 aliphatic carbocycles. The summed E-state index contributed by atoms with van der Waals surface area (Å²) in [5, 5.41) is 0. The van der Waals surface area contributed by atoms with E-state index in [9.17, 15) is 9.18 Å². The Bertz CT molecular complexity index is 824. The molecule has 0 radical (unpaired) electrons. The van der Waals surface area contributed by atoms with Crippen LogP contribution in [0.1, 0.15) is 0 Å². The highest BCUT2D eigenvalue weighted by molar-refractivity contribution is 5.91. The van der Waals surface area contributed by atoms with Crippen LogP contribution in [0.3, 0.4) is 0 Å². The summed E-state index contributed by atoms with van der Waals surface area (Å²) in [6, 6.07) is 11.2. The molecular weight excluding hydrogens is 271 g/mol. The number of primary amides is 1. The molecular formula is C15H13FN4O. The zero-order valence-electron chi connectivity index (χ0n) is 11.1. The van der Waals surface area contributed by atoms with Crippen molar-refractivity contribution in [3.05, 3.63) is 48.3 Å². The van der Waals surface area contributed by atoms with E-state index < -0.39 is 5.91 Å². The van der Waals surface area contributed by atoms with Crippen molar-refractivity contribution >= 4 is 22.6 Å². The van der Waals surface area contributed by atoms with Gasteiger partial charge in [-0.3, -0.25) is 4.79 Å². The van der Waals surface area contributed by atoms with Gasteiger partial charge in [0.1, 0.15) is 23.7 Å². The number of hydrogen-bond donors (Lipinski definition) is 2. The van der Waals surface area contributed by atoms with Crippen LogP contribution in [0.15, 0.2) is 42.5 Å². The van der Waals surface area contributed by atoms with E-state index >= 15 is 0 Å². The Kier molecular flexibility index (Phi) is 3.06. The minimum Gasteiger partial charge on any atom is -0.397 e. The summed E-state index contributed by atoms with van der Waals surface area (Å²) in [4.78, 5) is 15.8. The van der Waals surface area contributed by atoms with Crippen molar-refractivity contribution in [2.45, 2.75) is 6.54 Å². The van der Waals surface area contributed by atoms with Gasteiger partial charge in [0.05, 0.1) is 11.2 Å².